The highest BCUT2D eigenvalue weighted by atomic mass is 79.9. The van der Waals surface area contributed by atoms with Crippen molar-refractivity contribution in [2.24, 2.45) is 5.73 Å². The van der Waals surface area contributed by atoms with Crippen LogP contribution in [0.15, 0.2) is 22.7 Å². The van der Waals surface area contributed by atoms with Gasteiger partial charge in [-0.25, -0.2) is 0 Å². The zero-order valence-corrected chi connectivity index (χ0v) is 10.7. The first kappa shape index (κ1) is 12.5. The minimum absolute atomic E-state index is 0.187. The third-order valence-electron chi connectivity index (χ3n) is 2.01. The van der Waals surface area contributed by atoms with Crippen molar-refractivity contribution in [3.05, 3.63) is 28.2 Å². The zero-order valence-electron chi connectivity index (χ0n) is 9.09. The quantitative estimate of drug-likeness (QED) is 0.861. The number of nitrogens with two attached hydrogens (primary N) is 1. The lowest BCUT2D eigenvalue weighted by Gasteiger charge is -2.09. The maximum Gasteiger partial charge on any atom is 0.133 e. The van der Waals surface area contributed by atoms with Gasteiger partial charge in [0, 0.05) is 19.1 Å². The molecule has 0 aliphatic heterocycles. The third-order valence-corrected chi connectivity index (χ3v) is 2.63. The number of rotatable bonds is 5. The Morgan fingerprint density at radius 3 is 2.80 bits per heavy atom. The lowest BCUT2D eigenvalue weighted by Crippen LogP contribution is -2.30. The van der Waals surface area contributed by atoms with Gasteiger partial charge in [-0.1, -0.05) is 6.07 Å². The number of benzene rings is 1. The third kappa shape index (κ3) is 4.20. The molecule has 0 bridgehead atoms. The van der Waals surface area contributed by atoms with Crippen molar-refractivity contribution in [1.82, 2.24) is 5.32 Å². The first-order valence-electron chi connectivity index (χ1n) is 4.92. The Bertz CT molecular complexity index is 315. The van der Waals surface area contributed by atoms with Crippen molar-refractivity contribution < 1.29 is 4.74 Å². The minimum atomic E-state index is 0.187. The molecule has 15 heavy (non-hydrogen) atoms. The Hall–Kier alpha value is -0.580. The van der Waals surface area contributed by atoms with Gasteiger partial charge in [0.05, 0.1) is 11.6 Å². The maximum atomic E-state index is 5.64. The number of nitrogens with one attached hydrogen (secondary N) is 1. The van der Waals surface area contributed by atoms with E-state index in [2.05, 4.69) is 21.2 Å². The van der Waals surface area contributed by atoms with Crippen LogP contribution in [-0.4, -0.2) is 19.7 Å². The van der Waals surface area contributed by atoms with Gasteiger partial charge in [0.2, 0.25) is 0 Å². The smallest absolute Gasteiger partial charge is 0.133 e. The fraction of sp³-hybridized carbons (Fsp3) is 0.455. The van der Waals surface area contributed by atoms with E-state index in [1.54, 1.807) is 7.11 Å². The highest BCUT2D eigenvalue weighted by Gasteiger charge is 2.01. The van der Waals surface area contributed by atoms with Gasteiger partial charge in [-0.3, -0.25) is 0 Å². The van der Waals surface area contributed by atoms with E-state index < -0.39 is 0 Å². The molecule has 3 N–H and O–H groups in total. The van der Waals surface area contributed by atoms with Gasteiger partial charge in [0.15, 0.2) is 0 Å². The standard InChI is InChI=1S/C11H17BrN2O/c1-8(13)6-14-7-9-3-4-11(15-2)10(12)5-9/h3-5,8,14H,6-7,13H2,1-2H3. The average Bonchev–Trinajstić information content (AvgIpc) is 2.17. The number of hydrogen-bond donors (Lipinski definition) is 2. The highest BCUT2D eigenvalue weighted by Crippen LogP contribution is 2.25. The summed E-state index contributed by atoms with van der Waals surface area (Å²) in [7, 11) is 1.66. The Balaban J connectivity index is 2.52. The first-order chi connectivity index (χ1) is 7.13. The van der Waals surface area contributed by atoms with Gasteiger partial charge in [0.1, 0.15) is 5.75 Å². The maximum absolute atomic E-state index is 5.64. The van der Waals surface area contributed by atoms with Crippen LogP contribution in [0, 0.1) is 0 Å². The fourth-order valence-corrected chi connectivity index (χ4v) is 1.85. The highest BCUT2D eigenvalue weighted by molar-refractivity contribution is 9.10. The second-order valence-electron chi connectivity index (χ2n) is 3.58. The molecular weight excluding hydrogens is 256 g/mol. The number of ether oxygens (including phenoxy) is 1. The van der Waals surface area contributed by atoms with E-state index in [4.69, 9.17) is 10.5 Å². The SMILES string of the molecule is COc1ccc(CNCC(C)N)cc1Br. The molecule has 1 aromatic carbocycles. The summed E-state index contributed by atoms with van der Waals surface area (Å²) < 4.78 is 6.13. The molecule has 0 saturated carbocycles. The second-order valence-corrected chi connectivity index (χ2v) is 4.43. The molecule has 0 aliphatic rings. The second kappa shape index (κ2) is 6.10. The van der Waals surface area contributed by atoms with Gasteiger partial charge in [-0.05, 0) is 40.5 Å². The van der Waals surface area contributed by atoms with E-state index in [0.717, 1.165) is 23.3 Å². The van der Waals surface area contributed by atoms with Crippen molar-refractivity contribution in [1.29, 1.82) is 0 Å². The molecule has 1 rings (SSSR count). The van der Waals surface area contributed by atoms with E-state index in [1.807, 2.05) is 25.1 Å². The Morgan fingerprint density at radius 2 is 2.27 bits per heavy atom. The van der Waals surface area contributed by atoms with Crippen molar-refractivity contribution in [3.8, 4) is 5.75 Å². The van der Waals surface area contributed by atoms with Gasteiger partial charge in [0.25, 0.3) is 0 Å². The molecule has 3 nitrogen and oxygen atoms in total. The summed E-state index contributed by atoms with van der Waals surface area (Å²) in [5, 5.41) is 3.28. The van der Waals surface area contributed by atoms with Crippen LogP contribution in [0.2, 0.25) is 0 Å². The Labute approximate surface area is 99.1 Å². The van der Waals surface area contributed by atoms with E-state index in [1.165, 1.54) is 5.56 Å². The van der Waals surface area contributed by atoms with E-state index in [0.29, 0.717) is 0 Å². The van der Waals surface area contributed by atoms with Crippen LogP contribution in [0.5, 0.6) is 5.75 Å². The van der Waals surface area contributed by atoms with Crippen molar-refractivity contribution >= 4 is 15.9 Å². The molecule has 0 radical (unpaired) electrons. The molecule has 1 aromatic rings. The van der Waals surface area contributed by atoms with Crippen molar-refractivity contribution in [2.75, 3.05) is 13.7 Å². The number of hydrogen-bond acceptors (Lipinski definition) is 3. The van der Waals surface area contributed by atoms with Crippen LogP contribution in [-0.2, 0) is 6.54 Å². The predicted molar refractivity (Wildman–Crippen MR) is 66.1 cm³/mol. The molecule has 0 aromatic heterocycles. The van der Waals surface area contributed by atoms with Crippen LogP contribution in [0.3, 0.4) is 0 Å². The lowest BCUT2D eigenvalue weighted by molar-refractivity contribution is 0.412. The van der Waals surface area contributed by atoms with Gasteiger partial charge < -0.3 is 15.8 Å². The topological polar surface area (TPSA) is 47.3 Å². The largest absolute Gasteiger partial charge is 0.496 e. The van der Waals surface area contributed by atoms with Crippen molar-refractivity contribution in [3.63, 3.8) is 0 Å². The van der Waals surface area contributed by atoms with Crippen LogP contribution in [0.4, 0.5) is 0 Å². The Morgan fingerprint density at radius 1 is 1.53 bits per heavy atom. The monoisotopic (exact) mass is 272 g/mol. The predicted octanol–water partition coefficient (Wildman–Crippen LogP) is 1.89. The van der Waals surface area contributed by atoms with Crippen LogP contribution < -0.4 is 15.8 Å². The minimum Gasteiger partial charge on any atom is -0.496 e. The normalized spacial score (nSPS) is 12.5. The van der Waals surface area contributed by atoms with Gasteiger partial charge >= 0.3 is 0 Å². The summed E-state index contributed by atoms with van der Waals surface area (Å²) in [6.07, 6.45) is 0. The van der Waals surface area contributed by atoms with E-state index >= 15 is 0 Å². The number of halogens is 1. The fourth-order valence-electron chi connectivity index (χ4n) is 1.26. The molecule has 1 atom stereocenters. The molecule has 0 spiro atoms. The van der Waals surface area contributed by atoms with E-state index in [9.17, 15) is 0 Å². The molecule has 4 heteroatoms. The number of methoxy groups -OCH3 is 1. The molecule has 0 heterocycles. The van der Waals surface area contributed by atoms with E-state index in [-0.39, 0.29) is 6.04 Å². The summed E-state index contributed by atoms with van der Waals surface area (Å²) in [5.41, 5.74) is 6.85. The van der Waals surface area contributed by atoms with Crippen LogP contribution >= 0.6 is 15.9 Å². The molecular formula is C11H17BrN2O. The summed E-state index contributed by atoms with van der Waals surface area (Å²) in [4.78, 5) is 0. The summed E-state index contributed by atoms with van der Waals surface area (Å²) >= 11 is 3.45. The first-order valence-corrected chi connectivity index (χ1v) is 5.71. The summed E-state index contributed by atoms with van der Waals surface area (Å²) in [6.45, 7) is 3.63. The summed E-state index contributed by atoms with van der Waals surface area (Å²) in [6, 6.07) is 6.23. The van der Waals surface area contributed by atoms with Gasteiger partial charge in [-0.15, -0.1) is 0 Å². The molecule has 0 aliphatic carbocycles. The van der Waals surface area contributed by atoms with Crippen LogP contribution in [0.25, 0.3) is 0 Å². The van der Waals surface area contributed by atoms with Crippen molar-refractivity contribution in [2.45, 2.75) is 19.5 Å². The molecule has 0 amide bonds. The van der Waals surface area contributed by atoms with Gasteiger partial charge in [-0.2, -0.15) is 0 Å². The molecule has 1 unspecified atom stereocenters. The molecule has 0 fully saturated rings. The lowest BCUT2D eigenvalue weighted by atomic mass is 10.2. The Kier molecular flexibility index (Phi) is 5.08. The summed E-state index contributed by atoms with van der Waals surface area (Å²) in [5.74, 6) is 0.853. The molecule has 84 valence electrons. The van der Waals surface area contributed by atoms with Crippen LogP contribution in [0.1, 0.15) is 12.5 Å². The zero-order chi connectivity index (χ0) is 11.3. The molecule has 0 saturated heterocycles. The average molecular weight is 273 g/mol.